The first-order valence-corrected chi connectivity index (χ1v) is 7.49. The zero-order valence-corrected chi connectivity index (χ0v) is 13.2. The van der Waals surface area contributed by atoms with Crippen LogP contribution >= 0.6 is 0 Å². The lowest BCUT2D eigenvalue weighted by Crippen LogP contribution is -2.44. The van der Waals surface area contributed by atoms with E-state index in [1.165, 1.54) is 51.1 Å². The lowest BCUT2D eigenvalue weighted by Gasteiger charge is -2.32. The van der Waals surface area contributed by atoms with Crippen molar-refractivity contribution >= 4 is 0 Å². The van der Waals surface area contributed by atoms with Gasteiger partial charge in [-0.25, -0.2) is 0 Å². The van der Waals surface area contributed by atoms with Crippen molar-refractivity contribution in [3.05, 3.63) is 37.0 Å². The summed E-state index contributed by atoms with van der Waals surface area (Å²) in [6.07, 6.45) is 10.4. The fraction of sp³-hybridized carbons (Fsp3) is 0.647. The van der Waals surface area contributed by atoms with Gasteiger partial charge in [-0.15, -0.1) is 13.2 Å². The van der Waals surface area contributed by atoms with Crippen LogP contribution in [0.3, 0.4) is 0 Å². The van der Waals surface area contributed by atoms with Crippen LogP contribution in [0.5, 0.6) is 0 Å². The number of likely N-dealkylation sites (N-methyl/N-ethyl adjacent to an activating group) is 1. The molecule has 1 aliphatic heterocycles. The maximum Gasteiger partial charge on any atom is 0.0110 e. The first kappa shape index (κ1) is 18.1. The second-order valence-electron chi connectivity index (χ2n) is 4.94. The van der Waals surface area contributed by atoms with Crippen LogP contribution in [0.2, 0.25) is 0 Å². The molecule has 2 heteroatoms. The van der Waals surface area contributed by atoms with Crippen LogP contribution in [-0.2, 0) is 0 Å². The topological polar surface area (TPSA) is 6.48 Å². The average molecular weight is 264 g/mol. The number of allylic oxidation sites excluding steroid dienone is 4. The van der Waals surface area contributed by atoms with E-state index >= 15 is 0 Å². The third-order valence-electron chi connectivity index (χ3n) is 3.38. The minimum Gasteiger partial charge on any atom is -0.304 e. The molecule has 0 radical (unpaired) electrons. The Bertz CT molecular complexity index is 260. The summed E-state index contributed by atoms with van der Waals surface area (Å²) in [5.41, 5.74) is 1.50. The van der Waals surface area contributed by atoms with Gasteiger partial charge in [0.1, 0.15) is 0 Å². The van der Waals surface area contributed by atoms with Gasteiger partial charge < -0.3 is 9.80 Å². The molecule has 0 aliphatic carbocycles. The van der Waals surface area contributed by atoms with E-state index < -0.39 is 0 Å². The molecule has 0 aromatic rings. The third-order valence-corrected chi connectivity index (χ3v) is 3.38. The van der Waals surface area contributed by atoms with Crippen molar-refractivity contribution in [3.8, 4) is 0 Å². The monoisotopic (exact) mass is 264 g/mol. The summed E-state index contributed by atoms with van der Waals surface area (Å²) in [7, 11) is 2.21. The molecule has 0 unspecified atom stereocenters. The zero-order valence-electron chi connectivity index (χ0n) is 13.2. The van der Waals surface area contributed by atoms with Gasteiger partial charge in [0.05, 0.1) is 0 Å². The van der Waals surface area contributed by atoms with Gasteiger partial charge in [0.25, 0.3) is 0 Å². The summed E-state index contributed by atoms with van der Waals surface area (Å²) >= 11 is 0. The maximum absolute atomic E-state index is 3.00. The van der Waals surface area contributed by atoms with Crippen molar-refractivity contribution in [2.75, 3.05) is 39.8 Å². The van der Waals surface area contributed by atoms with E-state index in [9.17, 15) is 0 Å². The minimum atomic E-state index is 1.15. The van der Waals surface area contributed by atoms with Gasteiger partial charge in [0.15, 0.2) is 0 Å². The molecule has 1 saturated heterocycles. The Morgan fingerprint density at radius 1 is 1.16 bits per heavy atom. The molecular weight excluding hydrogens is 232 g/mol. The summed E-state index contributed by atoms with van der Waals surface area (Å²) in [5.74, 6) is 0. The molecule has 0 atom stereocenters. The van der Waals surface area contributed by atoms with Gasteiger partial charge >= 0.3 is 0 Å². The van der Waals surface area contributed by atoms with E-state index in [0.717, 1.165) is 6.42 Å². The Labute approximate surface area is 120 Å². The van der Waals surface area contributed by atoms with Crippen LogP contribution in [0.4, 0.5) is 0 Å². The first-order valence-electron chi connectivity index (χ1n) is 7.49. The lowest BCUT2D eigenvalue weighted by atomic mass is 10.1. The first-order chi connectivity index (χ1) is 9.26. The fourth-order valence-corrected chi connectivity index (χ4v) is 2.31. The molecule has 0 saturated carbocycles. The zero-order chi connectivity index (χ0) is 14.5. The molecule has 1 rings (SSSR count). The van der Waals surface area contributed by atoms with Crippen LogP contribution in [0, 0.1) is 0 Å². The predicted molar refractivity (Wildman–Crippen MR) is 87.6 cm³/mol. The molecule has 0 spiro atoms. The molecule has 2 nitrogen and oxygen atoms in total. The van der Waals surface area contributed by atoms with Gasteiger partial charge in [-0.05, 0) is 39.8 Å². The van der Waals surface area contributed by atoms with E-state index in [-0.39, 0.29) is 0 Å². The number of rotatable bonds is 6. The number of nitrogens with zero attached hydrogens (tertiary/aromatic N) is 2. The highest BCUT2D eigenvalue weighted by Gasteiger charge is 2.12. The lowest BCUT2D eigenvalue weighted by molar-refractivity contribution is 0.153. The minimum absolute atomic E-state index is 1.15. The van der Waals surface area contributed by atoms with E-state index in [1.807, 2.05) is 0 Å². The molecule has 19 heavy (non-hydrogen) atoms. The van der Waals surface area contributed by atoms with Crippen molar-refractivity contribution < 1.29 is 0 Å². The molecule has 0 bridgehead atoms. The Morgan fingerprint density at radius 3 is 2.32 bits per heavy atom. The average Bonchev–Trinajstić information content (AvgIpc) is 2.44. The highest BCUT2D eigenvalue weighted by Crippen LogP contribution is 2.10. The van der Waals surface area contributed by atoms with Crippen molar-refractivity contribution in [3.63, 3.8) is 0 Å². The predicted octanol–water partition coefficient (Wildman–Crippen LogP) is 3.73. The Kier molecular flexibility index (Phi) is 11.6. The summed E-state index contributed by atoms with van der Waals surface area (Å²) in [5, 5.41) is 0. The van der Waals surface area contributed by atoms with E-state index in [2.05, 4.69) is 62.1 Å². The molecular formula is C17H32N2. The van der Waals surface area contributed by atoms with Gasteiger partial charge in [-0.1, -0.05) is 30.7 Å². The van der Waals surface area contributed by atoms with Crippen LogP contribution in [0.15, 0.2) is 37.0 Å². The largest absolute Gasteiger partial charge is 0.304 e. The Morgan fingerprint density at radius 2 is 1.79 bits per heavy atom. The molecule has 0 amide bonds. The highest BCUT2D eigenvalue weighted by molar-refractivity contribution is 5.17. The third kappa shape index (κ3) is 8.79. The number of hydrogen-bond acceptors (Lipinski definition) is 2. The van der Waals surface area contributed by atoms with Crippen LogP contribution in [0.1, 0.15) is 33.1 Å². The van der Waals surface area contributed by atoms with E-state index in [0.29, 0.717) is 0 Å². The van der Waals surface area contributed by atoms with Gasteiger partial charge in [-0.2, -0.15) is 0 Å². The van der Waals surface area contributed by atoms with Gasteiger partial charge in [-0.3, -0.25) is 0 Å². The number of hydrogen-bond donors (Lipinski definition) is 0. The molecule has 0 aromatic carbocycles. The molecule has 1 fully saturated rings. The van der Waals surface area contributed by atoms with Gasteiger partial charge in [0.2, 0.25) is 0 Å². The SMILES string of the molecule is C/C=C\C(=C/CC)CCCN1CCN(C)CC1.C=C. The van der Waals surface area contributed by atoms with Crippen molar-refractivity contribution in [2.45, 2.75) is 33.1 Å². The normalized spacial score (nSPS) is 18.4. The molecule has 0 aromatic heterocycles. The molecule has 1 aliphatic rings. The van der Waals surface area contributed by atoms with Crippen molar-refractivity contribution in [1.29, 1.82) is 0 Å². The maximum atomic E-state index is 3.00. The van der Waals surface area contributed by atoms with Crippen LogP contribution in [-0.4, -0.2) is 49.6 Å². The molecule has 0 N–H and O–H groups in total. The smallest absolute Gasteiger partial charge is 0.0110 e. The standard InChI is InChI=1S/C15H28N2.C2H4/c1-4-7-15(8-5-2)9-6-10-17-13-11-16(3)12-14-17;1-2/h4,7-8H,5-6,9-14H2,1-3H3;1-2H2/b7-4-,15-8+;. The molecule has 110 valence electrons. The quantitative estimate of drug-likeness (QED) is 0.533. The summed E-state index contributed by atoms with van der Waals surface area (Å²) in [6, 6.07) is 0. The summed E-state index contributed by atoms with van der Waals surface area (Å²) in [4.78, 5) is 5.01. The van der Waals surface area contributed by atoms with E-state index in [1.54, 1.807) is 0 Å². The van der Waals surface area contributed by atoms with Crippen LogP contribution in [0.25, 0.3) is 0 Å². The Balaban J connectivity index is 0.00000154. The Hall–Kier alpha value is -0.860. The number of piperazine rings is 1. The fourth-order valence-electron chi connectivity index (χ4n) is 2.31. The van der Waals surface area contributed by atoms with Crippen molar-refractivity contribution in [1.82, 2.24) is 9.80 Å². The highest BCUT2D eigenvalue weighted by atomic mass is 15.2. The molecule has 1 heterocycles. The second-order valence-corrected chi connectivity index (χ2v) is 4.94. The summed E-state index contributed by atoms with van der Waals surface area (Å²) < 4.78 is 0. The van der Waals surface area contributed by atoms with Gasteiger partial charge in [0, 0.05) is 26.2 Å². The van der Waals surface area contributed by atoms with Crippen molar-refractivity contribution in [2.24, 2.45) is 0 Å². The summed E-state index contributed by atoms with van der Waals surface area (Å²) in [6.45, 7) is 16.5. The van der Waals surface area contributed by atoms with Crippen LogP contribution < -0.4 is 0 Å². The van der Waals surface area contributed by atoms with E-state index in [4.69, 9.17) is 0 Å². The second kappa shape index (κ2) is 12.2.